The van der Waals surface area contributed by atoms with Crippen molar-refractivity contribution >= 4 is 5.71 Å². The average Bonchev–Trinajstić information content (AvgIpc) is 2.63. The van der Waals surface area contributed by atoms with E-state index in [-0.39, 0.29) is 11.0 Å². The van der Waals surface area contributed by atoms with Crippen LogP contribution in [0.4, 0.5) is 8.78 Å². The maximum absolute atomic E-state index is 13.0. The third-order valence-electron chi connectivity index (χ3n) is 4.94. The van der Waals surface area contributed by atoms with Crippen LogP contribution in [-0.4, -0.2) is 12.8 Å². The molecule has 0 amide bonds. The molecule has 0 saturated carbocycles. The number of benzene rings is 2. The Labute approximate surface area is 169 Å². The number of hydrogen-bond donors (Lipinski definition) is 0. The van der Waals surface area contributed by atoms with Crippen molar-refractivity contribution in [2.45, 2.75) is 59.3 Å². The zero-order valence-electron chi connectivity index (χ0n) is 18.1. The van der Waals surface area contributed by atoms with Crippen LogP contribution in [0.25, 0.3) is 0 Å². The summed E-state index contributed by atoms with van der Waals surface area (Å²) >= 11 is 0. The molecule has 0 heterocycles. The fourth-order valence-electron chi connectivity index (χ4n) is 3.68. The van der Waals surface area contributed by atoms with Gasteiger partial charge in [0.1, 0.15) is 11.6 Å². The van der Waals surface area contributed by atoms with Crippen LogP contribution >= 0.6 is 0 Å². The van der Waals surface area contributed by atoms with Crippen molar-refractivity contribution in [2.75, 3.05) is 7.05 Å². The van der Waals surface area contributed by atoms with Gasteiger partial charge in [0.25, 0.3) is 0 Å². The van der Waals surface area contributed by atoms with Crippen molar-refractivity contribution in [2.24, 2.45) is 4.99 Å². The minimum Gasteiger partial charge on any atom is -0.293 e. The molecular formula is C25H33F2N. The van der Waals surface area contributed by atoms with Gasteiger partial charge < -0.3 is 0 Å². The zero-order chi connectivity index (χ0) is 21.3. The SMILES string of the molecule is C=C(C)CC(C)(CCC)c1ccccc1C.CN=C(C)c1cc(F)ccc1F. The molecule has 28 heavy (non-hydrogen) atoms. The predicted molar refractivity (Wildman–Crippen MR) is 117 cm³/mol. The highest BCUT2D eigenvalue weighted by Gasteiger charge is 2.26. The van der Waals surface area contributed by atoms with Crippen molar-refractivity contribution in [1.82, 2.24) is 0 Å². The van der Waals surface area contributed by atoms with Crippen LogP contribution in [0.5, 0.6) is 0 Å². The molecule has 0 aromatic heterocycles. The number of nitrogens with zero attached hydrogens (tertiary/aromatic N) is 1. The molecule has 0 N–H and O–H groups in total. The summed E-state index contributed by atoms with van der Waals surface area (Å²) in [6.45, 7) is 14.7. The topological polar surface area (TPSA) is 12.4 Å². The lowest BCUT2D eigenvalue weighted by Gasteiger charge is -2.32. The van der Waals surface area contributed by atoms with E-state index in [1.807, 2.05) is 0 Å². The van der Waals surface area contributed by atoms with Gasteiger partial charge in [-0.05, 0) is 68.4 Å². The molecule has 1 nitrogen and oxygen atoms in total. The van der Waals surface area contributed by atoms with E-state index in [2.05, 4.69) is 63.5 Å². The molecule has 0 saturated heterocycles. The highest BCUT2D eigenvalue weighted by molar-refractivity contribution is 5.98. The molecule has 0 radical (unpaired) electrons. The lowest BCUT2D eigenvalue weighted by molar-refractivity contribution is 0.422. The lowest BCUT2D eigenvalue weighted by Crippen LogP contribution is -2.23. The van der Waals surface area contributed by atoms with Gasteiger partial charge in [-0.25, -0.2) is 8.78 Å². The maximum Gasteiger partial charge on any atom is 0.132 e. The van der Waals surface area contributed by atoms with E-state index in [1.54, 1.807) is 14.0 Å². The van der Waals surface area contributed by atoms with Crippen molar-refractivity contribution in [3.8, 4) is 0 Å². The Kier molecular flexibility index (Phi) is 9.24. The highest BCUT2D eigenvalue weighted by Crippen LogP contribution is 2.36. The second-order valence-electron chi connectivity index (χ2n) is 7.69. The third kappa shape index (κ3) is 6.70. The van der Waals surface area contributed by atoms with Gasteiger partial charge in [0.2, 0.25) is 0 Å². The number of aliphatic imine (C=N–C) groups is 1. The van der Waals surface area contributed by atoms with Crippen LogP contribution in [0.15, 0.2) is 59.6 Å². The zero-order valence-corrected chi connectivity index (χ0v) is 18.1. The molecule has 0 aliphatic carbocycles. The minimum absolute atomic E-state index is 0.220. The van der Waals surface area contributed by atoms with E-state index in [0.717, 1.165) is 24.6 Å². The van der Waals surface area contributed by atoms with Crippen LogP contribution in [0, 0.1) is 18.6 Å². The molecular weight excluding hydrogens is 352 g/mol. The van der Waals surface area contributed by atoms with Crippen LogP contribution in [0.3, 0.4) is 0 Å². The Morgan fingerprint density at radius 2 is 1.75 bits per heavy atom. The second-order valence-corrected chi connectivity index (χ2v) is 7.69. The third-order valence-corrected chi connectivity index (χ3v) is 4.94. The summed E-state index contributed by atoms with van der Waals surface area (Å²) in [5, 5.41) is 0. The largest absolute Gasteiger partial charge is 0.293 e. The Morgan fingerprint density at radius 3 is 2.29 bits per heavy atom. The first kappa shape index (κ1) is 23.7. The number of hydrogen-bond acceptors (Lipinski definition) is 1. The lowest BCUT2D eigenvalue weighted by atomic mass is 9.73. The van der Waals surface area contributed by atoms with Crippen LogP contribution < -0.4 is 0 Å². The van der Waals surface area contributed by atoms with E-state index in [1.165, 1.54) is 29.5 Å². The second kappa shape index (κ2) is 10.9. The molecule has 0 fully saturated rings. The van der Waals surface area contributed by atoms with Crippen LogP contribution in [-0.2, 0) is 5.41 Å². The monoisotopic (exact) mass is 385 g/mol. The molecule has 2 rings (SSSR count). The van der Waals surface area contributed by atoms with E-state index >= 15 is 0 Å². The molecule has 1 unspecified atom stereocenters. The van der Waals surface area contributed by atoms with E-state index in [9.17, 15) is 8.78 Å². The van der Waals surface area contributed by atoms with Gasteiger partial charge in [-0.2, -0.15) is 0 Å². The van der Waals surface area contributed by atoms with Crippen molar-refractivity contribution in [3.63, 3.8) is 0 Å². The summed E-state index contributed by atoms with van der Waals surface area (Å²) in [5.74, 6) is -0.895. The summed E-state index contributed by atoms with van der Waals surface area (Å²) in [6.07, 6.45) is 3.54. The summed E-state index contributed by atoms with van der Waals surface area (Å²) in [7, 11) is 1.54. The standard InChI is InChI=1S/C16H24.C9H9F2N/c1-6-11-16(5,12-13(2)3)15-10-8-7-9-14(15)4;1-6(12-2)8-5-7(10)3-4-9(8)11/h7-10H,2,6,11-12H2,1,3-5H3;3-5H,1-2H3. The number of halogens is 2. The summed E-state index contributed by atoms with van der Waals surface area (Å²) in [6, 6.07) is 12.1. The number of rotatable bonds is 6. The van der Waals surface area contributed by atoms with E-state index in [0.29, 0.717) is 5.71 Å². The molecule has 2 aromatic rings. The summed E-state index contributed by atoms with van der Waals surface area (Å²) < 4.78 is 25.6. The van der Waals surface area contributed by atoms with E-state index < -0.39 is 11.6 Å². The minimum atomic E-state index is -0.450. The summed E-state index contributed by atoms with van der Waals surface area (Å²) in [4.78, 5) is 3.77. The molecule has 3 heteroatoms. The molecule has 152 valence electrons. The Morgan fingerprint density at radius 1 is 1.11 bits per heavy atom. The molecule has 0 bridgehead atoms. The molecule has 0 spiro atoms. The fraction of sp³-hybridized carbons (Fsp3) is 0.400. The van der Waals surface area contributed by atoms with Crippen molar-refractivity contribution in [3.05, 3.63) is 82.9 Å². The predicted octanol–water partition coefficient (Wildman–Crippen LogP) is 7.42. The number of allylic oxidation sites excluding steroid dienone is 1. The Balaban J connectivity index is 0.000000292. The van der Waals surface area contributed by atoms with Crippen LogP contribution in [0.2, 0.25) is 0 Å². The molecule has 1 atom stereocenters. The van der Waals surface area contributed by atoms with Gasteiger partial charge in [-0.1, -0.05) is 50.1 Å². The Hall–Kier alpha value is -2.29. The average molecular weight is 386 g/mol. The van der Waals surface area contributed by atoms with Gasteiger partial charge in [0, 0.05) is 18.3 Å². The first-order chi connectivity index (χ1) is 13.1. The normalized spacial score (nSPS) is 13.4. The highest BCUT2D eigenvalue weighted by atomic mass is 19.1. The van der Waals surface area contributed by atoms with E-state index in [4.69, 9.17) is 0 Å². The Bertz CT molecular complexity index is 823. The van der Waals surface area contributed by atoms with Crippen molar-refractivity contribution < 1.29 is 8.78 Å². The van der Waals surface area contributed by atoms with Gasteiger partial charge in [-0.15, -0.1) is 6.58 Å². The van der Waals surface area contributed by atoms with Gasteiger partial charge in [0.05, 0.1) is 0 Å². The molecule has 0 aliphatic rings. The quantitative estimate of drug-likeness (QED) is 0.362. The number of aryl methyl sites for hydroxylation is 1. The van der Waals surface area contributed by atoms with Crippen LogP contribution in [0.1, 0.15) is 63.6 Å². The molecule has 2 aromatic carbocycles. The molecule has 0 aliphatic heterocycles. The first-order valence-electron chi connectivity index (χ1n) is 9.74. The first-order valence-corrected chi connectivity index (χ1v) is 9.74. The van der Waals surface area contributed by atoms with Gasteiger partial charge >= 0.3 is 0 Å². The van der Waals surface area contributed by atoms with Crippen molar-refractivity contribution in [1.29, 1.82) is 0 Å². The van der Waals surface area contributed by atoms with Gasteiger partial charge in [-0.3, -0.25) is 4.99 Å². The summed E-state index contributed by atoms with van der Waals surface area (Å²) in [5.41, 5.74) is 5.13. The fourth-order valence-corrected chi connectivity index (χ4v) is 3.68. The van der Waals surface area contributed by atoms with Gasteiger partial charge in [0.15, 0.2) is 0 Å². The smallest absolute Gasteiger partial charge is 0.132 e. The maximum atomic E-state index is 13.0.